The molecule has 4 nitrogen and oxygen atoms in total. The Morgan fingerprint density at radius 3 is 2.43 bits per heavy atom. The number of aryl methyl sites for hydroxylation is 1. The molecule has 28 heavy (non-hydrogen) atoms. The van der Waals surface area contributed by atoms with E-state index in [1.54, 1.807) is 0 Å². The molecule has 150 valence electrons. The number of benzene rings is 2. The van der Waals surface area contributed by atoms with E-state index in [9.17, 15) is 17.6 Å². The van der Waals surface area contributed by atoms with Gasteiger partial charge < -0.3 is 0 Å². The van der Waals surface area contributed by atoms with Crippen molar-refractivity contribution in [2.45, 2.75) is 51.3 Å². The zero-order valence-electron chi connectivity index (χ0n) is 16.5. The Hall–Kier alpha value is -2.21. The molecule has 1 aliphatic heterocycles. The zero-order valence-corrected chi connectivity index (χ0v) is 17.4. The lowest BCUT2D eigenvalue weighted by atomic mass is 9.88. The Morgan fingerprint density at radius 1 is 1.11 bits per heavy atom. The molecule has 0 spiro atoms. The van der Waals surface area contributed by atoms with Crippen LogP contribution >= 0.6 is 0 Å². The Bertz CT molecular complexity index is 976. The number of sulfonamides is 1. The highest BCUT2D eigenvalue weighted by molar-refractivity contribution is 7.92. The van der Waals surface area contributed by atoms with Crippen LogP contribution in [0, 0.1) is 11.2 Å². The quantitative estimate of drug-likeness (QED) is 0.738. The molecule has 3 rings (SSSR count). The Morgan fingerprint density at radius 2 is 1.79 bits per heavy atom. The van der Waals surface area contributed by atoms with Gasteiger partial charge in [-0.25, -0.2) is 12.8 Å². The maximum atomic E-state index is 13.2. The van der Waals surface area contributed by atoms with Crippen LogP contribution in [0.15, 0.2) is 47.4 Å². The summed E-state index contributed by atoms with van der Waals surface area (Å²) in [6, 6.07) is 10.5. The van der Waals surface area contributed by atoms with Gasteiger partial charge in [-0.05, 0) is 59.7 Å². The van der Waals surface area contributed by atoms with Crippen molar-refractivity contribution in [1.29, 1.82) is 0 Å². The van der Waals surface area contributed by atoms with Crippen molar-refractivity contribution in [3.63, 3.8) is 0 Å². The molecule has 0 aromatic heterocycles. The van der Waals surface area contributed by atoms with E-state index in [0.717, 1.165) is 36.1 Å². The van der Waals surface area contributed by atoms with E-state index in [-0.39, 0.29) is 22.5 Å². The van der Waals surface area contributed by atoms with Gasteiger partial charge in [-0.15, -0.1) is 0 Å². The summed E-state index contributed by atoms with van der Waals surface area (Å²) in [6.45, 7) is 6.43. The van der Waals surface area contributed by atoms with Crippen molar-refractivity contribution in [2.24, 2.45) is 5.41 Å². The minimum atomic E-state index is -3.78. The molecule has 0 atom stereocenters. The van der Waals surface area contributed by atoms with Crippen molar-refractivity contribution in [3.8, 4) is 0 Å². The lowest BCUT2D eigenvalue weighted by molar-refractivity contribution is -0.120. The summed E-state index contributed by atoms with van der Waals surface area (Å²) in [5, 5.41) is 0. The van der Waals surface area contributed by atoms with Gasteiger partial charge in [-0.1, -0.05) is 32.9 Å². The second kappa shape index (κ2) is 7.66. The van der Waals surface area contributed by atoms with Gasteiger partial charge in [0.15, 0.2) is 0 Å². The number of carbonyl (C=O) groups excluding carboxylic acids is 1. The second-order valence-electron chi connectivity index (χ2n) is 8.55. The van der Waals surface area contributed by atoms with Crippen molar-refractivity contribution >= 4 is 21.5 Å². The first kappa shape index (κ1) is 20.5. The molecule has 2 aromatic rings. The maximum Gasteiger partial charge on any atom is 0.264 e. The van der Waals surface area contributed by atoms with Crippen LogP contribution in [0.4, 0.5) is 10.1 Å². The van der Waals surface area contributed by atoms with Crippen LogP contribution in [0.5, 0.6) is 0 Å². The molecule has 1 aliphatic rings. The largest absolute Gasteiger partial charge is 0.299 e. The number of ketones is 1. The Kier molecular flexibility index (Phi) is 5.62. The van der Waals surface area contributed by atoms with Crippen molar-refractivity contribution in [1.82, 2.24) is 0 Å². The van der Waals surface area contributed by atoms with Gasteiger partial charge in [0.05, 0.1) is 10.6 Å². The number of carbonyl (C=O) groups is 1. The summed E-state index contributed by atoms with van der Waals surface area (Å²) in [5.74, 6) is -0.339. The molecule has 0 aliphatic carbocycles. The molecular formula is C22H26FNO3S. The minimum Gasteiger partial charge on any atom is -0.299 e. The van der Waals surface area contributed by atoms with E-state index < -0.39 is 15.8 Å². The SMILES string of the molecule is CC(C)(C)CC(=O)Cc1ccc2c(c1)N(S(=O)(=O)c1ccc(F)cc1)CCC2. The predicted molar refractivity (Wildman–Crippen MR) is 108 cm³/mol. The normalized spacial score (nSPS) is 14.6. The number of Topliss-reactive ketones (excluding diaryl/α,β-unsaturated/α-hetero) is 1. The average molecular weight is 404 g/mol. The topological polar surface area (TPSA) is 54.5 Å². The fourth-order valence-electron chi connectivity index (χ4n) is 3.56. The summed E-state index contributed by atoms with van der Waals surface area (Å²) in [4.78, 5) is 12.4. The molecule has 0 radical (unpaired) electrons. The smallest absolute Gasteiger partial charge is 0.264 e. The third-order valence-electron chi connectivity index (χ3n) is 4.76. The lowest BCUT2D eigenvalue weighted by Crippen LogP contribution is -2.35. The number of anilines is 1. The number of hydrogen-bond donors (Lipinski definition) is 0. The Labute approximate surface area is 166 Å². The second-order valence-corrected chi connectivity index (χ2v) is 10.4. The van der Waals surface area contributed by atoms with Crippen molar-refractivity contribution in [2.75, 3.05) is 10.8 Å². The van der Waals surface area contributed by atoms with Gasteiger partial charge in [0.1, 0.15) is 11.6 Å². The molecule has 0 fully saturated rings. The van der Waals surface area contributed by atoms with Crippen LogP contribution in [0.25, 0.3) is 0 Å². The molecule has 0 N–H and O–H groups in total. The van der Waals surface area contributed by atoms with Gasteiger partial charge in [0, 0.05) is 19.4 Å². The van der Waals surface area contributed by atoms with E-state index >= 15 is 0 Å². The highest BCUT2D eigenvalue weighted by atomic mass is 32.2. The van der Waals surface area contributed by atoms with Gasteiger partial charge in [0.25, 0.3) is 10.0 Å². The molecule has 0 amide bonds. The molecule has 0 unspecified atom stereocenters. The van der Waals surface area contributed by atoms with Crippen LogP contribution in [0.2, 0.25) is 0 Å². The monoisotopic (exact) mass is 403 g/mol. The van der Waals surface area contributed by atoms with Crippen molar-refractivity contribution < 1.29 is 17.6 Å². The van der Waals surface area contributed by atoms with Crippen LogP contribution in [-0.4, -0.2) is 20.7 Å². The molecule has 0 saturated heterocycles. The van der Waals surface area contributed by atoms with Gasteiger partial charge >= 0.3 is 0 Å². The third kappa shape index (κ3) is 4.61. The highest BCUT2D eigenvalue weighted by Gasteiger charge is 2.29. The lowest BCUT2D eigenvalue weighted by Gasteiger charge is -2.31. The number of nitrogens with zero attached hydrogens (tertiary/aromatic N) is 1. The first-order valence-corrected chi connectivity index (χ1v) is 10.9. The summed E-state index contributed by atoms with van der Waals surface area (Å²) in [5.41, 5.74) is 2.30. The summed E-state index contributed by atoms with van der Waals surface area (Å²) < 4.78 is 40.8. The maximum absolute atomic E-state index is 13.2. The van der Waals surface area contributed by atoms with E-state index in [4.69, 9.17) is 0 Å². The standard InChI is InChI=1S/C22H26FNO3S/c1-22(2,3)15-19(25)13-16-6-7-17-5-4-12-24(21(17)14-16)28(26,27)20-10-8-18(23)9-11-20/h6-11,14H,4-5,12-13,15H2,1-3H3. The number of fused-ring (bicyclic) bond motifs is 1. The van der Waals surface area contributed by atoms with Crippen LogP contribution < -0.4 is 4.31 Å². The summed E-state index contributed by atoms with van der Waals surface area (Å²) >= 11 is 0. The van der Waals surface area contributed by atoms with E-state index in [1.807, 2.05) is 39.0 Å². The first-order valence-electron chi connectivity index (χ1n) is 9.48. The van der Waals surface area contributed by atoms with Crippen LogP contribution in [-0.2, 0) is 27.7 Å². The van der Waals surface area contributed by atoms with Crippen LogP contribution in [0.3, 0.4) is 0 Å². The molecular weight excluding hydrogens is 377 g/mol. The number of hydrogen-bond acceptors (Lipinski definition) is 3. The molecule has 0 bridgehead atoms. The summed E-state index contributed by atoms with van der Waals surface area (Å²) in [6.07, 6.45) is 2.27. The molecule has 0 saturated carbocycles. The number of halogens is 1. The average Bonchev–Trinajstić information content (AvgIpc) is 2.59. The van der Waals surface area contributed by atoms with E-state index in [0.29, 0.717) is 18.7 Å². The fraction of sp³-hybridized carbons (Fsp3) is 0.409. The zero-order chi connectivity index (χ0) is 20.5. The fourth-order valence-corrected chi connectivity index (χ4v) is 5.09. The van der Waals surface area contributed by atoms with E-state index in [2.05, 4.69) is 0 Å². The van der Waals surface area contributed by atoms with E-state index in [1.165, 1.54) is 16.4 Å². The minimum absolute atomic E-state index is 0.0657. The molecule has 2 aromatic carbocycles. The molecule has 1 heterocycles. The summed E-state index contributed by atoms with van der Waals surface area (Å²) in [7, 11) is -3.78. The predicted octanol–water partition coefficient (Wildman–Crippen LogP) is 4.52. The van der Waals surface area contributed by atoms with Gasteiger partial charge in [-0.3, -0.25) is 9.10 Å². The number of rotatable bonds is 5. The molecule has 6 heteroatoms. The van der Waals surface area contributed by atoms with Gasteiger partial charge in [-0.2, -0.15) is 0 Å². The first-order chi connectivity index (χ1) is 13.1. The van der Waals surface area contributed by atoms with Gasteiger partial charge in [0.2, 0.25) is 0 Å². The van der Waals surface area contributed by atoms with Crippen molar-refractivity contribution in [3.05, 3.63) is 59.4 Å². The highest BCUT2D eigenvalue weighted by Crippen LogP contribution is 2.33. The third-order valence-corrected chi connectivity index (χ3v) is 6.58. The Balaban J connectivity index is 1.92. The van der Waals surface area contributed by atoms with Crippen LogP contribution in [0.1, 0.15) is 44.7 Å².